The molecular weight excluding hydrogens is 375 g/mol. The van der Waals surface area contributed by atoms with Gasteiger partial charge in [-0.15, -0.1) is 0 Å². The molecule has 152 valence electrons. The Labute approximate surface area is 167 Å². The summed E-state index contributed by atoms with van der Waals surface area (Å²) < 4.78 is 37.1. The van der Waals surface area contributed by atoms with Gasteiger partial charge in [-0.2, -0.15) is 0 Å². The van der Waals surface area contributed by atoms with Crippen LogP contribution in [0.5, 0.6) is 11.5 Å². The molecule has 0 aliphatic carbocycles. The Kier molecular flexibility index (Phi) is 6.82. The van der Waals surface area contributed by atoms with E-state index in [0.717, 1.165) is 6.42 Å². The Bertz CT molecular complexity index is 735. The van der Waals surface area contributed by atoms with Crippen LogP contribution in [0.15, 0.2) is 60.7 Å². The van der Waals surface area contributed by atoms with Crippen molar-refractivity contribution in [3.05, 3.63) is 60.7 Å². The van der Waals surface area contributed by atoms with Crippen LogP contribution in [-0.2, 0) is 13.8 Å². The van der Waals surface area contributed by atoms with Gasteiger partial charge in [-0.05, 0) is 42.5 Å². The smallest absolute Gasteiger partial charge is 0.395 e. The van der Waals surface area contributed by atoms with Crippen LogP contribution in [0.25, 0.3) is 0 Å². The molecule has 0 spiro atoms. The van der Waals surface area contributed by atoms with E-state index in [2.05, 4.69) is 20.8 Å². The first-order chi connectivity index (χ1) is 13.4. The molecule has 0 bridgehead atoms. The second-order valence-electron chi connectivity index (χ2n) is 7.39. The first kappa shape index (κ1) is 20.9. The highest BCUT2D eigenvalue weighted by Gasteiger charge is 2.44. The minimum absolute atomic E-state index is 0.0399. The SMILES string of the molecule is CCC1O[C@@H](OP(=O)(Oc2ccccc2)Oc2ccccc2)C(C)C(C)[C@H]1C. The lowest BCUT2D eigenvalue weighted by molar-refractivity contribution is -0.216. The molecule has 1 fully saturated rings. The van der Waals surface area contributed by atoms with Gasteiger partial charge < -0.3 is 13.8 Å². The molecular formula is C22H29O5P. The van der Waals surface area contributed by atoms with Crippen LogP contribution >= 0.6 is 7.82 Å². The van der Waals surface area contributed by atoms with Crippen molar-refractivity contribution >= 4 is 7.82 Å². The number of rotatable bonds is 7. The molecule has 1 heterocycles. The van der Waals surface area contributed by atoms with Crippen LogP contribution in [0.1, 0.15) is 34.1 Å². The van der Waals surface area contributed by atoms with Crippen LogP contribution in [0.4, 0.5) is 0 Å². The van der Waals surface area contributed by atoms with Gasteiger partial charge in [-0.3, -0.25) is 0 Å². The van der Waals surface area contributed by atoms with Gasteiger partial charge in [0.2, 0.25) is 0 Å². The Morgan fingerprint density at radius 1 is 0.821 bits per heavy atom. The fourth-order valence-electron chi connectivity index (χ4n) is 3.48. The van der Waals surface area contributed by atoms with Crippen molar-refractivity contribution < 1.29 is 22.9 Å². The van der Waals surface area contributed by atoms with E-state index in [4.69, 9.17) is 18.3 Å². The predicted octanol–water partition coefficient (Wildman–Crippen LogP) is 6.31. The summed E-state index contributed by atoms with van der Waals surface area (Å²) in [7, 11) is -3.98. The van der Waals surface area contributed by atoms with Crippen LogP contribution in [0, 0.1) is 17.8 Å². The van der Waals surface area contributed by atoms with Gasteiger partial charge in [-0.1, -0.05) is 64.1 Å². The number of para-hydroxylation sites is 2. The summed E-state index contributed by atoms with van der Waals surface area (Å²) in [6.07, 6.45) is 0.231. The van der Waals surface area contributed by atoms with Gasteiger partial charge >= 0.3 is 7.82 Å². The molecule has 0 aromatic heterocycles. The zero-order valence-corrected chi connectivity index (χ0v) is 17.8. The fourth-order valence-corrected chi connectivity index (χ4v) is 4.86. The van der Waals surface area contributed by atoms with E-state index in [1.165, 1.54) is 0 Å². The molecule has 5 atom stereocenters. The van der Waals surface area contributed by atoms with E-state index in [1.54, 1.807) is 48.5 Å². The maximum atomic E-state index is 13.6. The van der Waals surface area contributed by atoms with Gasteiger partial charge in [0.05, 0.1) is 6.10 Å². The lowest BCUT2D eigenvalue weighted by Crippen LogP contribution is -2.45. The fraction of sp³-hybridized carbons (Fsp3) is 0.455. The number of phosphoric ester groups is 1. The summed E-state index contributed by atoms with van der Waals surface area (Å²) in [6.45, 7) is 8.50. The maximum Gasteiger partial charge on any atom is 0.589 e. The third kappa shape index (κ3) is 4.96. The van der Waals surface area contributed by atoms with Crippen molar-refractivity contribution in [1.82, 2.24) is 0 Å². The van der Waals surface area contributed by atoms with Gasteiger partial charge in [0.1, 0.15) is 11.5 Å². The summed E-state index contributed by atoms with van der Waals surface area (Å²) in [6, 6.07) is 17.8. The first-order valence-corrected chi connectivity index (χ1v) is 11.3. The predicted molar refractivity (Wildman–Crippen MR) is 109 cm³/mol. The van der Waals surface area contributed by atoms with Crippen LogP contribution in [0.2, 0.25) is 0 Å². The molecule has 0 amide bonds. The second-order valence-corrected chi connectivity index (χ2v) is 8.86. The summed E-state index contributed by atoms with van der Waals surface area (Å²) in [4.78, 5) is 0. The molecule has 6 heteroatoms. The van der Waals surface area contributed by atoms with Crippen molar-refractivity contribution in [1.29, 1.82) is 0 Å². The molecule has 2 aromatic carbocycles. The first-order valence-electron chi connectivity index (χ1n) is 9.85. The molecule has 0 saturated carbocycles. The molecule has 2 aromatic rings. The molecule has 3 unspecified atom stereocenters. The van der Waals surface area contributed by atoms with E-state index in [1.807, 2.05) is 19.1 Å². The zero-order chi connectivity index (χ0) is 20.1. The highest BCUT2D eigenvalue weighted by atomic mass is 31.2. The molecule has 28 heavy (non-hydrogen) atoms. The normalized spacial score (nSPS) is 27.9. The Morgan fingerprint density at radius 2 is 1.32 bits per heavy atom. The van der Waals surface area contributed by atoms with E-state index >= 15 is 0 Å². The molecule has 3 rings (SSSR count). The van der Waals surface area contributed by atoms with Crippen molar-refractivity contribution in [2.24, 2.45) is 17.8 Å². The Balaban J connectivity index is 1.85. The van der Waals surface area contributed by atoms with E-state index in [0.29, 0.717) is 23.3 Å². The minimum Gasteiger partial charge on any atom is -0.395 e. The number of hydrogen-bond donors (Lipinski definition) is 0. The van der Waals surface area contributed by atoms with Gasteiger partial charge in [0, 0.05) is 5.92 Å². The number of benzene rings is 2. The summed E-state index contributed by atoms with van der Waals surface area (Å²) in [5.41, 5.74) is 0. The molecule has 0 radical (unpaired) electrons. The summed E-state index contributed by atoms with van der Waals surface area (Å²) in [5, 5.41) is 0. The van der Waals surface area contributed by atoms with E-state index in [9.17, 15) is 4.57 Å². The molecule has 1 saturated heterocycles. The number of hydrogen-bond acceptors (Lipinski definition) is 5. The summed E-state index contributed by atoms with van der Waals surface area (Å²) >= 11 is 0. The monoisotopic (exact) mass is 404 g/mol. The lowest BCUT2D eigenvalue weighted by Gasteiger charge is -2.43. The van der Waals surface area contributed by atoms with Gasteiger partial charge in [-0.25, -0.2) is 9.09 Å². The van der Waals surface area contributed by atoms with Crippen molar-refractivity contribution in [2.45, 2.75) is 46.5 Å². The van der Waals surface area contributed by atoms with Crippen LogP contribution in [-0.4, -0.2) is 12.4 Å². The third-order valence-electron chi connectivity index (χ3n) is 5.54. The van der Waals surface area contributed by atoms with E-state index in [-0.39, 0.29) is 12.0 Å². The zero-order valence-electron chi connectivity index (χ0n) is 16.9. The van der Waals surface area contributed by atoms with Gasteiger partial charge in [0.25, 0.3) is 0 Å². The van der Waals surface area contributed by atoms with Gasteiger partial charge in [0.15, 0.2) is 6.29 Å². The van der Waals surface area contributed by atoms with Crippen molar-refractivity contribution in [2.75, 3.05) is 0 Å². The average molecular weight is 404 g/mol. The molecule has 0 N–H and O–H groups in total. The van der Waals surface area contributed by atoms with Crippen LogP contribution in [0.3, 0.4) is 0 Å². The second kappa shape index (κ2) is 9.13. The highest BCUT2D eigenvalue weighted by molar-refractivity contribution is 7.49. The highest BCUT2D eigenvalue weighted by Crippen LogP contribution is 2.53. The Hall–Kier alpha value is -1.81. The van der Waals surface area contributed by atoms with Crippen molar-refractivity contribution in [3.63, 3.8) is 0 Å². The van der Waals surface area contributed by atoms with Crippen molar-refractivity contribution in [3.8, 4) is 11.5 Å². The summed E-state index contributed by atoms with van der Waals surface area (Å²) in [5.74, 6) is 1.62. The quantitative estimate of drug-likeness (QED) is 0.506. The van der Waals surface area contributed by atoms with E-state index < -0.39 is 14.1 Å². The number of ether oxygens (including phenoxy) is 1. The standard InChI is InChI=1S/C22H29O5P/c1-5-21-17(3)16(2)18(4)22(24-21)27-28(23,25-19-12-8-6-9-13-19)26-20-14-10-7-11-15-20/h6-18,21-22H,5H2,1-4H3/t16?,17-,18?,21?,22+/m1/s1. The maximum absolute atomic E-state index is 13.6. The molecule has 5 nitrogen and oxygen atoms in total. The molecule has 1 aliphatic heterocycles. The third-order valence-corrected chi connectivity index (χ3v) is 6.87. The minimum atomic E-state index is -3.98. The average Bonchev–Trinajstić information content (AvgIpc) is 2.70. The largest absolute Gasteiger partial charge is 0.589 e. The Morgan fingerprint density at radius 3 is 1.79 bits per heavy atom. The topological polar surface area (TPSA) is 54.0 Å². The lowest BCUT2D eigenvalue weighted by atomic mass is 9.78. The molecule has 1 aliphatic rings. The van der Waals surface area contributed by atoms with Crippen LogP contribution < -0.4 is 9.05 Å². The number of phosphoric acid groups is 1.